The summed E-state index contributed by atoms with van der Waals surface area (Å²) < 4.78 is 16.8. The average Bonchev–Trinajstić information content (AvgIpc) is 2.67. The fourth-order valence-corrected chi connectivity index (χ4v) is 2.47. The quantitative estimate of drug-likeness (QED) is 0.344. The van der Waals surface area contributed by atoms with E-state index in [9.17, 15) is 14.4 Å². The average molecular weight is 429 g/mol. The largest absolute Gasteiger partial charge is 0.490 e. The molecule has 0 spiro atoms. The van der Waals surface area contributed by atoms with Gasteiger partial charge in [-0.2, -0.15) is 0 Å². The van der Waals surface area contributed by atoms with Gasteiger partial charge in [0.25, 0.3) is 0 Å². The topological polar surface area (TPSA) is 172 Å². The minimum atomic E-state index is -2.74. The van der Waals surface area contributed by atoms with Gasteiger partial charge in [0.15, 0.2) is 17.1 Å². The van der Waals surface area contributed by atoms with Crippen molar-refractivity contribution in [3.05, 3.63) is 24.3 Å². The van der Waals surface area contributed by atoms with E-state index in [1.54, 1.807) is 0 Å². The minimum absolute atomic E-state index is 0.124. The van der Waals surface area contributed by atoms with E-state index in [1.165, 1.54) is 0 Å². The molecule has 1 aromatic carbocycles. The first-order valence-electron chi connectivity index (χ1n) is 9.24. The highest BCUT2D eigenvalue weighted by Gasteiger charge is 2.40. The van der Waals surface area contributed by atoms with Crippen LogP contribution in [0.2, 0.25) is 0 Å². The van der Waals surface area contributed by atoms with Gasteiger partial charge in [-0.1, -0.05) is 12.1 Å². The Morgan fingerprint density at radius 3 is 2.10 bits per heavy atom. The number of aliphatic carboxylic acids is 3. The van der Waals surface area contributed by atoms with E-state index in [1.807, 2.05) is 31.2 Å². The van der Waals surface area contributed by atoms with Gasteiger partial charge in [-0.25, -0.2) is 4.79 Å². The van der Waals surface area contributed by atoms with Crippen LogP contribution in [-0.2, 0) is 19.1 Å². The number of hydrogen-bond donors (Lipinski definition) is 5. The number of nitrogens with one attached hydrogen (secondary N) is 1. The predicted molar refractivity (Wildman–Crippen MR) is 103 cm³/mol. The van der Waals surface area contributed by atoms with E-state index in [0.29, 0.717) is 13.2 Å². The van der Waals surface area contributed by atoms with Crippen LogP contribution in [0.4, 0.5) is 0 Å². The van der Waals surface area contributed by atoms with E-state index in [2.05, 4.69) is 5.32 Å². The zero-order chi connectivity index (χ0) is 22.6. The van der Waals surface area contributed by atoms with Crippen LogP contribution in [0.3, 0.4) is 0 Å². The standard InChI is InChI=1S/C13H19NO3.C6H8O7/c1-2-15-12-5-3-4-6-13(12)17-10-11-9-14-7-8-16-11;7-3(8)1-6(13,5(11)12)2-4(9)10/h3-6,11,14H,2,7-10H2,1H3;13H,1-2H2,(H,7,8)(H,9,10)(H,11,12). The summed E-state index contributed by atoms with van der Waals surface area (Å²) in [7, 11) is 0. The highest BCUT2D eigenvalue weighted by molar-refractivity contribution is 5.88. The number of ether oxygens (including phenoxy) is 3. The Balaban J connectivity index is 0.000000314. The van der Waals surface area contributed by atoms with Crippen LogP contribution in [0.1, 0.15) is 19.8 Å². The van der Waals surface area contributed by atoms with Crippen LogP contribution < -0.4 is 14.8 Å². The molecule has 11 nitrogen and oxygen atoms in total. The van der Waals surface area contributed by atoms with Gasteiger partial charge in [-0.15, -0.1) is 0 Å². The summed E-state index contributed by atoms with van der Waals surface area (Å²) in [5, 5.41) is 37.1. The number of carbonyl (C=O) groups is 3. The maximum Gasteiger partial charge on any atom is 0.336 e. The molecule has 1 unspecified atom stereocenters. The molecule has 0 aliphatic carbocycles. The van der Waals surface area contributed by atoms with Gasteiger partial charge in [0, 0.05) is 13.1 Å². The summed E-state index contributed by atoms with van der Waals surface area (Å²) in [6.45, 7) is 5.67. The van der Waals surface area contributed by atoms with Crippen LogP contribution in [0, 0.1) is 0 Å². The first-order valence-corrected chi connectivity index (χ1v) is 9.24. The van der Waals surface area contributed by atoms with Gasteiger partial charge in [0.05, 0.1) is 26.1 Å². The minimum Gasteiger partial charge on any atom is -0.490 e. The number of benzene rings is 1. The molecule has 30 heavy (non-hydrogen) atoms. The van der Waals surface area contributed by atoms with Crippen molar-refractivity contribution in [1.29, 1.82) is 0 Å². The maximum absolute atomic E-state index is 10.3. The number of hydrogen-bond acceptors (Lipinski definition) is 8. The fraction of sp³-hybridized carbons (Fsp3) is 0.526. The van der Waals surface area contributed by atoms with Gasteiger partial charge in [0.1, 0.15) is 12.7 Å². The molecule has 0 amide bonds. The predicted octanol–water partition coefficient (Wildman–Crippen LogP) is 0.204. The second-order valence-corrected chi connectivity index (χ2v) is 6.37. The second-order valence-electron chi connectivity index (χ2n) is 6.37. The van der Waals surface area contributed by atoms with E-state index in [4.69, 9.17) is 34.6 Å². The highest BCUT2D eigenvalue weighted by atomic mass is 16.5. The van der Waals surface area contributed by atoms with Crippen molar-refractivity contribution < 1.29 is 49.0 Å². The van der Waals surface area contributed by atoms with Crippen molar-refractivity contribution in [3.63, 3.8) is 0 Å². The van der Waals surface area contributed by atoms with Gasteiger partial charge < -0.3 is 40.0 Å². The Labute approximate surface area is 173 Å². The summed E-state index contributed by atoms with van der Waals surface area (Å²) in [6, 6.07) is 7.72. The monoisotopic (exact) mass is 429 g/mol. The number of carboxylic acid groups (broad SMARTS) is 3. The third-order valence-corrected chi connectivity index (χ3v) is 3.86. The summed E-state index contributed by atoms with van der Waals surface area (Å²) in [4.78, 5) is 30.5. The van der Waals surface area contributed by atoms with Crippen molar-refractivity contribution in [2.75, 3.05) is 32.9 Å². The number of para-hydroxylation sites is 2. The Bertz CT molecular complexity index is 686. The molecule has 1 aliphatic heterocycles. The molecule has 11 heteroatoms. The molecule has 5 N–H and O–H groups in total. The summed E-state index contributed by atoms with van der Waals surface area (Å²) >= 11 is 0. The molecular formula is C19H27NO10. The van der Waals surface area contributed by atoms with Crippen LogP contribution in [0.15, 0.2) is 24.3 Å². The Kier molecular flexibility index (Phi) is 10.6. The summed E-state index contributed by atoms with van der Waals surface area (Å²) in [6.07, 6.45) is -2.16. The maximum atomic E-state index is 10.3. The zero-order valence-electron chi connectivity index (χ0n) is 16.6. The molecule has 2 rings (SSSR count). The van der Waals surface area contributed by atoms with Crippen molar-refractivity contribution >= 4 is 17.9 Å². The van der Waals surface area contributed by atoms with Gasteiger partial charge in [-0.3, -0.25) is 9.59 Å². The Hall–Kier alpha value is -2.89. The van der Waals surface area contributed by atoms with Crippen LogP contribution in [0.5, 0.6) is 11.5 Å². The third-order valence-electron chi connectivity index (χ3n) is 3.86. The second kappa shape index (κ2) is 12.6. The van der Waals surface area contributed by atoms with Crippen LogP contribution in [0.25, 0.3) is 0 Å². The van der Waals surface area contributed by atoms with E-state index >= 15 is 0 Å². The smallest absolute Gasteiger partial charge is 0.336 e. The molecule has 1 heterocycles. The van der Waals surface area contributed by atoms with Crippen LogP contribution in [-0.4, -0.2) is 82.9 Å². The van der Waals surface area contributed by atoms with E-state index in [0.717, 1.165) is 31.2 Å². The Morgan fingerprint density at radius 1 is 1.10 bits per heavy atom. The molecule has 1 fully saturated rings. The van der Waals surface area contributed by atoms with Crippen molar-refractivity contribution in [2.24, 2.45) is 0 Å². The first kappa shape index (κ1) is 25.1. The van der Waals surface area contributed by atoms with Crippen molar-refractivity contribution in [1.82, 2.24) is 5.32 Å². The fourth-order valence-electron chi connectivity index (χ4n) is 2.47. The lowest BCUT2D eigenvalue weighted by molar-refractivity contribution is -0.170. The number of morpholine rings is 1. The molecule has 1 atom stereocenters. The van der Waals surface area contributed by atoms with Crippen LogP contribution >= 0.6 is 0 Å². The summed E-state index contributed by atoms with van der Waals surface area (Å²) in [5.41, 5.74) is -2.74. The lowest BCUT2D eigenvalue weighted by Gasteiger charge is -2.24. The van der Waals surface area contributed by atoms with Gasteiger partial charge in [0.2, 0.25) is 0 Å². The molecule has 1 aliphatic rings. The Morgan fingerprint density at radius 2 is 1.67 bits per heavy atom. The molecule has 1 saturated heterocycles. The molecule has 0 radical (unpaired) electrons. The lowest BCUT2D eigenvalue weighted by Crippen LogP contribution is -2.42. The van der Waals surface area contributed by atoms with Crippen molar-refractivity contribution in [3.8, 4) is 11.5 Å². The third kappa shape index (κ3) is 9.07. The van der Waals surface area contributed by atoms with Gasteiger partial charge in [-0.05, 0) is 19.1 Å². The molecule has 168 valence electrons. The SMILES string of the molecule is CCOc1ccccc1OCC1CNCCO1.O=C(O)CC(O)(CC(=O)O)C(=O)O. The summed E-state index contributed by atoms with van der Waals surface area (Å²) in [5.74, 6) is -3.45. The molecular weight excluding hydrogens is 402 g/mol. The lowest BCUT2D eigenvalue weighted by atomic mass is 9.96. The number of aliphatic hydroxyl groups is 1. The first-order chi connectivity index (χ1) is 14.2. The van der Waals surface area contributed by atoms with Gasteiger partial charge >= 0.3 is 17.9 Å². The zero-order valence-corrected chi connectivity index (χ0v) is 16.6. The molecule has 0 aromatic heterocycles. The number of rotatable bonds is 10. The number of carboxylic acids is 3. The van der Waals surface area contributed by atoms with E-state index < -0.39 is 36.4 Å². The molecule has 0 saturated carbocycles. The normalized spacial score (nSPS) is 16.0. The van der Waals surface area contributed by atoms with E-state index in [-0.39, 0.29) is 6.10 Å². The molecule has 0 bridgehead atoms. The molecule has 1 aromatic rings. The van der Waals surface area contributed by atoms with Crippen molar-refractivity contribution in [2.45, 2.75) is 31.5 Å². The highest BCUT2D eigenvalue weighted by Crippen LogP contribution is 2.26.